The first-order chi connectivity index (χ1) is 14.8. The van der Waals surface area contributed by atoms with Gasteiger partial charge in [0.1, 0.15) is 0 Å². The minimum atomic E-state index is -4.00. The Morgan fingerprint density at radius 3 is 2.35 bits per heavy atom. The number of nitrogens with one attached hydrogen (secondary N) is 4. The molecule has 8 nitrogen and oxygen atoms in total. The minimum absolute atomic E-state index is 0.0388. The van der Waals surface area contributed by atoms with Crippen molar-refractivity contribution in [3.8, 4) is 0 Å². The van der Waals surface area contributed by atoms with Crippen molar-refractivity contribution in [1.82, 2.24) is 15.3 Å². The number of anilines is 1. The number of sulfonamides is 1. The molecule has 158 valence electrons. The van der Waals surface area contributed by atoms with Crippen LogP contribution in [0, 0.1) is 0 Å². The number of benzene rings is 3. The molecule has 4 aromatic rings. The predicted molar refractivity (Wildman–Crippen MR) is 118 cm³/mol. The van der Waals surface area contributed by atoms with Gasteiger partial charge in [-0.25, -0.2) is 13.2 Å². The Hall–Kier alpha value is -3.85. The van der Waals surface area contributed by atoms with Gasteiger partial charge in [0.25, 0.3) is 15.9 Å². The fraction of sp³-hybridized carbons (Fsp3) is 0.0909. The van der Waals surface area contributed by atoms with Crippen LogP contribution in [0.3, 0.4) is 0 Å². The topological polar surface area (TPSA) is 124 Å². The first-order valence-corrected chi connectivity index (χ1v) is 11.0. The van der Waals surface area contributed by atoms with E-state index in [-0.39, 0.29) is 22.2 Å². The number of carbonyl (C=O) groups excluding carboxylic acids is 1. The first kappa shape index (κ1) is 20.4. The third-order valence-corrected chi connectivity index (χ3v) is 6.22. The fourth-order valence-corrected chi connectivity index (χ4v) is 4.36. The lowest BCUT2D eigenvalue weighted by atomic mass is 10.1. The summed E-state index contributed by atoms with van der Waals surface area (Å²) in [5, 5.41) is 2.89. The highest BCUT2D eigenvalue weighted by atomic mass is 32.2. The summed E-state index contributed by atoms with van der Waals surface area (Å²) in [6.07, 6.45) is 0. The average Bonchev–Trinajstić information content (AvgIpc) is 3.13. The minimum Gasteiger partial charge on any atom is -0.345 e. The molecule has 0 bridgehead atoms. The van der Waals surface area contributed by atoms with E-state index in [4.69, 9.17) is 0 Å². The van der Waals surface area contributed by atoms with Gasteiger partial charge in [-0.15, -0.1) is 0 Å². The SMILES string of the molecule is C[C@@H](NC(=O)c1ccccc1NS(=O)(=O)c1ccc2[nH]c(=O)[nH]c2c1)c1ccccc1. The normalized spacial score (nSPS) is 12.4. The number of fused-ring (bicyclic) bond motifs is 1. The van der Waals surface area contributed by atoms with Crippen molar-refractivity contribution in [2.45, 2.75) is 17.9 Å². The molecule has 0 aliphatic rings. The molecular formula is C22H20N4O4S. The third-order valence-electron chi connectivity index (χ3n) is 4.86. The Morgan fingerprint density at radius 2 is 1.58 bits per heavy atom. The zero-order valence-corrected chi connectivity index (χ0v) is 17.4. The number of carbonyl (C=O) groups is 1. The van der Waals surface area contributed by atoms with Crippen LogP contribution in [0.15, 0.2) is 82.5 Å². The summed E-state index contributed by atoms with van der Waals surface area (Å²) < 4.78 is 28.3. The number of aromatic amines is 2. The van der Waals surface area contributed by atoms with Gasteiger partial charge in [-0.1, -0.05) is 42.5 Å². The molecule has 1 amide bonds. The van der Waals surface area contributed by atoms with Gasteiger partial charge in [0.15, 0.2) is 0 Å². The first-order valence-electron chi connectivity index (χ1n) is 9.53. The molecular weight excluding hydrogens is 416 g/mol. The van der Waals surface area contributed by atoms with Gasteiger partial charge in [-0.05, 0) is 42.8 Å². The van der Waals surface area contributed by atoms with Crippen molar-refractivity contribution in [1.29, 1.82) is 0 Å². The summed E-state index contributed by atoms with van der Waals surface area (Å²) in [6, 6.07) is 19.8. The second-order valence-electron chi connectivity index (χ2n) is 7.04. The Balaban J connectivity index is 1.60. The number of H-pyrrole nitrogens is 2. The van der Waals surface area contributed by atoms with Crippen LogP contribution in [0.5, 0.6) is 0 Å². The molecule has 0 unspecified atom stereocenters. The van der Waals surface area contributed by atoms with Crippen molar-refractivity contribution < 1.29 is 13.2 Å². The second kappa shape index (κ2) is 8.11. The summed E-state index contributed by atoms with van der Waals surface area (Å²) in [6.45, 7) is 1.85. The molecule has 0 fully saturated rings. The van der Waals surface area contributed by atoms with Gasteiger partial charge in [-0.2, -0.15) is 0 Å². The van der Waals surface area contributed by atoms with E-state index in [0.29, 0.717) is 11.0 Å². The van der Waals surface area contributed by atoms with E-state index in [1.165, 1.54) is 24.3 Å². The Bertz CT molecular complexity index is 1410. The van der Waals surface area contributed by atoms with Gasteiger partial charge in [0.2, 0.25) is 0 Å². The molecule has 0 aliphatic heterocycles. The van der Waals surface area contributed by atoms with Crippen molar-refractivity contribution >= 4 is 32.7 Å². The molecule has 3 aromatic carbocycles. The van der Waals surface area contributed by atoms with E-state index < -0.39 is 21.6 Å². The largest absolute Gasteiger partial charge is 0.345 e. The average molecular weight is 436 g/mol. The number of imidazole rings is 1. The summed E-state index contributed by atoms with van der Waals surface area (Å²) in [5.74, 6) is -0.403. The highest BCUT2D eigenvalue weighted by Crippen LogP contribution is 2.23. The fourth-order valence-electron chi connectivity index (χ4n) is 3.25. The zero-order valence-electron chi connectivity index (χ0n) is 16.5. The van der Waals surface area contributed by atoms with Crippen LogP contribution in [-0.4, -0.2) is 24.3 Å². The summed E-state index contributed by atoms with van der Waals surface area (Å²) in [4.78, 5) is 29.3. The van der Waals surface area contributed by atoms with Crippen LogP contribution in [0.4, 0.5) is 5.69 Å². The van der Waals surface area contributed by atoms with E-state index in [1.807, 2.05) is 37.3 Å². The van der Waals surface area contributed by atoms with Gasteiger partial charge < -0.3 is 15.3 Å². The molecule has 0 saturated heterocycles. The highest BCUT2D eigenvalue weighted by Gasteiger charge is 2.20. The predicted octanol–water partition coefficient (Wildman–Crippen LogP) is 3.15. The Labute approximate surface area is 178 Å². The Morgan fingerprint density at radius 1 is 0.903 bits per heavy atom. The maximum Gasteiger partial charge on any atom is 0.323 e. The van der Waals surface area contributed by atoms with Gasteiger partial charge in [-0.3, -0.25) is 9.52 Å². The molecule has 4 N–H and O–H groups in total. The van der Waals surface area contributed by atoms with Crippen LogP contribution >= 0.6 is 0 Å². The number of amides is 1. The molecule has 1 atom stereocenters. The number of aromatic nitrogens is 2. The zero-order chi connectivity index (χ0) is 22.0. The monoisotopic (exact) mass is 436 g/mol. The molecule has 1 aromatic heterocycles. The lowest BCUT2D eigenvalue weighted by Gasteiger charge is -2.17. The van der Waals surface area contributed by atoms with E-state index in [2.05, 4.69) is 20.0 Å². The van der Waals surface area contributed by atoms with Crippen LogP contribution in [0.25, 0.3) is 11.0 Å². The summed E-state index contributed by atoms with van der Waals surface area (Å²) >= 11 is 0. The maximum absolute atomic E-state index is 12.9. The molecule has 4 rings (SSSR count). The number of para-hydroxylation sites is 1. The lowest BCUT2D eigenvalue weighted by molar-refractivity contribution is 0.0941. The molecule has 0 aliphatic carbocycles. The summed E-state index contributed by atoms with van der Waals surface area (Å²) in [7, 11) is -4.00. The molecule has 0 radical (unpaired) electrons. The van der Waals surface area contributed by atoms with Crippen LogP contribution in [0.2, 0.25) is 0 Å². The van der Waals surface area contributed by atoms with Crippen LogP contribution in [-0.2, 0) is 10.0 Å². The second-order valence-corrected chi connectivity index (χ2v) is 8.73. The number of hydrogen-bond acceptors (Lipinski definition) is 4. The van der Waals surface area contributed by atoms with Crippen molar-refractivity contribution in [3.05, 3.63) is 94.4 Å². The van der Waals surface area contributed by atoms with Gasteiger partial charge in [0, 0.05) is 0 Å². The van der Waals surface area contributed by atoms with E-state index >= 15 is 0 Å². The van der Waals surface area contributed by atoms with Gasteiger partial charge in [0.05, 0.1) is 33.2 Å². The van der Waals surface area contributed by atoms with Crippen LogP contribution in [0.1, 0.15) is 28.9 Å². The highest BCUT2D eigenvalue weighted by molar-refractivity contribution is 7.92. The molecule has 31 heavy (non-hydrogen) atoms. The summed E-state index contributed by atoms with van der Waals surface area (Å²) in [5.41, 5.74) is 1.73. The third kappa shape index (κ3) is 4.36. The standard InChI is InChI=1S/C22H20N4O4S/c1-14(15-7-3-2-4-8-15)23-21(27)17-9-5-6-10-18(17)26-31(29,30)16-11-12-19-20(13-16)25-22(28)24-19/h2-14,26H,1H3,(H,23,27)(H2,24,25,28)/t14-/m1/s1. The molecule has 0 saturated carbocycles. The molecule has 1 heterocycles. The van der Waals surface area contributed by atoms with E-state index in [9.17, 15) is 18.0 Å². The van der Waals surface area contributed by atoms with Crippen molar-refractivity contribution in [3.63, 3.8) is 0 Å². The van der Waals surface area contributed by atoms with E-state index in [1.54, 1.807) is 18.2 Å². The molecule has 0 spiro atoms. The van der Waals surface area contributed by atoms with E-state index in [0.717, 1.165) is 5.56 Å². The van der Waals surface area contributed by atoms with Crippen molar-refractivity contribution in [2.75, 3.05) is 4.72 Å². The van der Waals surface area contributed by atoms with Crippen molar-refractivity contribution in [2.24, 2.45) is 0 Å². The van der Waals surface area contributed by atoms with Gasteiger partial charge >= 0.3 is 5.69 Å². The lowest BCUT2D eigenvalue weighted by Crippen LogP contribution is -2.28. The quantitative estimate of drug-likeness (QED) is 0.371. The molecule has 9 heteroatoms. The smallest absolute Gasteiger partial charge is 0.323 e. The Kier molecular flexibility index (Phi) is 5.35. The maximum atomic E-state index is 12.9. The number of hydrogen-bond donors (Lipinski definition) is 4. The van der Waals surface area contributed by atoms with Crippen LogP contribution < -0.4 is 15.7 Å². The number of rotatable bonds is 6.